The van der Waals surface area contributed by atoms with Crippen molar-refractivity contribution in [3.05, 3.63) is 12.3 Å². The molecule has 1 aliphatic rings. The van der Waals surface area contributed by atoms with Crippen LogP contribution in [-0.2, 0) is 13.7 Å². The first kappa shape index (κ1) is 11.6. The molecule has 0 atom stereocenters. The second-order valence-electron chi connectivity index (χ2n) is 2.96. The molecule has 14 heavy (non-hydrogen) atoms. The fourth-order valence-electron chi connectivity index (χ4n) is 1.25. The summed E-state index contributed by atoms with van der Waals surface area (Å²) in [5.74, 6) is 0.657. The van der Waals surface area contributed by atoms with Crippen LogP contribution in [-0.4, -0.2) is 37.0 Å². The second-order valence-corrected chi connectivity index (χ2v) is 3.67. The summed E-state index contributed by atoms with van der Waals surface area (Å²) in [7, 11) is 1.61. The van der Waals surface area contributed by atoms with Crippen LogP contribution < -0.4 is 0 Å². The lowest BCUT2D eigenvalue weighted by Crippen LogP contribution is -2.26. The van der Waals surface area contributed by atoms with E-state index in [4.69, 9.17) is 8.92 Å². The van der Waals surface area contributed by atoms with Crippen LogP contribution in [0.15, 0.2) is 12.3 Å². The molecule has 1 fully saturated rings. The van der Waals surface area contributed by atoms with E-state index in [-0.39, 0.29) is 5.91 Å². The van der Waals surface area contributed by atoms with E-state index in [1.165, 1.54) is 12.0 Å². The topological polar surface area (TPSA) is 38.8 Å². The SMILES string of the molecule is C=C1CCC(=O)N1CCOSCOC. The molecule has 1 saturated heterocycles. The molecule has 0 spiro atoms. The van der Waals surface area contributed by atoms with Crippen LogP contribution >= 0.6 is 12.0 Å². The van der Waals surface area contributed by atoms with Gasteiger partial charge in [0, 0.05) is 31.3 Å². The molecule has 0 unspecified atom stereocenters. The Labute approximate surface area is 88.4 Å². The Morgan fingerprint density at radius 1 is 1.57 bits per heavy atom. The normalized spacial score (nSPS) is 16.8. The van der Waals surface area contributed by atoms with E-state index in [1.54, 1.807) is 12.0 Å². The summed E-state index contributed by atoms with van der Waals surface area (Å²) in [5.41, 5.74) is 0.898. The summed E-state index contributed by atoms with van der Waals surface area (Å²) >= 11 is 1.25. The first-order valence-corrected chi connectivity index (χ1v) is 5.38. The number of likely N-dealkylation sites (tertiary alicyclic amines) is 1. The number of rotatable bonds is 6. The van der Waals surface area contributed by atoms with Gasteiger partial charge in [-0.2, -0.15) is 0 Å². The summed E-state index contributed by atoms with van der Waals surface area (Å²) in [6.45, 7) is 4.92. The standard InChI is InChI=1S/C9H15NO3S/c1-8-3-4-9(11)10(8)5-6-13-14-7-12-2/h1,3-7H2,2H3. The predicted octanol–water partition coefficient (Wildman–Crippen LogP) is 1.39. The Balaban J connectivity index is 2.11. The van der Waals surface area contributed by atoms with Crippen LogP contribution in [0.3, 0.4) is 0 Å². The van der Waals surface area contributed by atoms with E-state index in [0.29, 0.717) is 25.5 Å². The average Bonchev–Trinajstić information content (AvgIpc) is 2.48. The quantitative estimate of drug-likeness (QED) is 0.383. The minimum Gasteiger partial charge on any atom is -0.372 e. The molecule has 1 rings (SSSR count). The van der Waals surface area contributed by atoms with E-state index >= 15 is 0 Å². The van der Waals surface area contributed by atoms with Gasteiger partial charge in [-0.15, -0.1) is 0 Å². The largest absolute Gasteiger partial charge is 0.372 e. The molecule has 1 amide bonds. The van der Waals surface area contributed by atoms with Gasteiger partial charge < -0.3 is 13.8 Å². The third-order valence-electron chi connectivity index (χ3n) is 1.96. The lowest BCUT2D eigenvalue weighted by atomic mass is 10.3. The molecule has 1 aliphatic heterocycles. The second kappa shape index (κ2) is 6.06. The summed E-state index contributed by atoms with van der Waals surface area (Å²) in [4.78, 5) is 13.0. The van der Waals surface area contributed by atoms with Gasteiger partial charge in [-0.1, -0.05) is 6.58 Å². The molecule has 0 saturated carbocycles. The molecule has 0 bridgehead atoms. The van der Waals surface area contributed by atoms with Crippen molar-refractivity contribution in [1.82, 2.24) is 4.90 Å². The van der Waals surface area contributed by atoms with Gasteiger partial charge in [0.25, 0.3) is 0 Å². The van der Waals surface area contributed by atoms with Gasteiger partial charge in [-0.05, 0) is 6.42 Å². The maximum absolute atomic E-state index is 11.3. The number of methoxy groups -OCH3 is 1. The van der Waals surface area contributed by atoms with Crippen molar-refractivity contribution in [2.45, 2.75) is 12.8 Å². The van der Waals surface area contributed by atoms with Crippen LogP contribution in [0, 0.1) is 0 Å². The number of hydrogen-bond donors (Lipinski definition) is 0. The lowest BCUT2D eigenvalue weighted by Gasteiger charge is -2.16. The molecule has 80 valence electrons. The Morgan fingerprint density at radius 2 is 2.36 bits per heavy atom. The third-order valence-corrected chi connectivity index (χ3v) is 2.62. The van der Waals surface area contributed by atoms with Crippen molar-refractivity contribution in [2.75, 3.05) is 26.2 Å². The summed E-state index contributed by atoms with van der Waals surface area (Å²) < 4.78 is 9.99. The van der Waals surface area contributed by atoms with E-state index in [2.05, 4.69) is 6.58 Å². The fourth-order valence-corrected chi connectivity index (χ4v) is 1.61. The zero-order valence-corrected chi connectivity index (χ0v) is 9.14. The lowest BCUT2D eigenvalue weighted by molar-refractivity contribution is -0.126. The highest BCUT2D eigenvalue weighted by molar-refractivity contribution is 7.94. The summed E-state index contributed by atoms with van der Waals surface area (Å²) in [6.07, 6.45) is 1.37. The minimum absolute atomic E-state index is 0.148. The highest BCUT2D eigenvalue weighted by Crippen LogP contribution is 2.19. The zero-order chi connectivity index (χ0) is 10.4. The number of ether oxygens (including phenoxy) is 1. The number of carbonyl (C=O) groups excluding carboxylic acids is 1. The van der Waals surface area contributed by atoms with Gasteiger partial charge in [0.1, 0.15) is 5.94 Å². The van der Waals surface area contributed by atoms with Gasteiger partial charge >= 0.3 is 0 Å². The monoisotopic (exact) mass is 217 g/mol. The van der Waals surface area contributed by atoms with Gasteiger partial charge in [0.2, 0.25) is 5.91 Å². The van der Waals surface area contributed by atoms with E-state index in [1.807, 2.05) is 0 Å². The molecule has 0 aromatic heterocycles. The highest BCUT2D eigenvalue weighted by Gasteiger charge is 2.23. The first-order chi connectivity index (χ1) is 6.75. The predicted molar refractivity (Wildman–Crippen MR) is 55.5 cm³/mol. The Morgan fingerprint density at radius 3 is 2.93 bits per heavy atom. The van der Waals surface area contributed by atoms with Crippen molar-refractivity contribution < 1.29 is 13.7 Å². The van der Waals surface area contributed by atoms with Crippen LogP contribution in [0.5, 0.6) is 0 Å². The fraction of sp³-hybridized carbons (Fsp3) is 0.667. The van der Waals surface area contributed by atoms with E-state index in [9.17, 15) is 4.79 Å². The van der Waals surface area contributed by atoms with Crippen molar-refractivity contribution in [1.29, 1.82) is 0 Å². The Bertz CT molecular complexity index is 204. The molecule has 0 radical (unpaired) electrons. The number of nitrogens with zero attached hydrogens (tertiary/aromatic N) is 1. The number of allylic oxidation sites excluding steroid dienone is 1. The summed E-state index contributed by atoms with van der Waals surface area (Å²) in [6, 6.07) is 0. The van der Waals surface area contributed by atoms with E-state index < -0.39 is 0 Å². The van der Waals surface area contributed by atoms with Gasteiger partial charge in [-0.3, -0.25) is 4.79 Å². The van der Waals surface area contributed by atoms with Crippen LogP contribution in [0.1, 0.15) is 12.8 Å². The molecule has 0 aromatic carbocycles. The minimum atomic E-state index is 0.148. The molecule has 0 N–H and O–H groups in total. The van der Waals surface area contributed by atoms with Crippen LogP contribution in [0.25, 0.3) is 0 Å². The molecule has 5 heteroatoms. The maximum Gasteiger partial charge on any atom is 0.227 e. The van der Waals surface area contributed by atoms with Crippen LogP contribution in [0.4, 0.5) is 0 Å². The summed E-state index contributed by atoms with van der Waals surface area (Å²) in [5, 5.41) is 0. The molecular weight excluding hydrogens is 202 g/mol. The number of hydrogen-bond acceptors (Lipinski definition) is 4. The first-order valence-electron chi connectivity index (χ1n) is 4.47. The molecule has 4 nitrogen and oxygen atoms in total. The van der Waals surface area contributed by atoms with Crippen LogP contribution in [0.2, 0.25) is 0 Å². The smallest absolute Gasteiger partial charge is 0.227 e. The molecular formula is C9H15NO3S. The number of amides is 1. The van der Waals surface area contributed by atoms with Gasteiger partial charge in [-0.25, -0.2) is 0 Å². The van der Waals surface area contributed by atoms with Gasteiger partial charge in [0.05, 0.1) is 13.2 Å². The van der Waals surface area contributed by atoms with Gasteiger partial charge in [0.15, 0.2) is 0 Å². The Hall–Kier alpha value is -0.520. The molecule has 1 heterocycles. The highest BCUT2D eigenvalue weighted by atomic mass is 32.2. The third kappa shape index (κ3) is 3.32. The number of carbonyl (C=O) groups is 1. The average molecular weight is 217 g/mol. The van der Waals surface area contributed by atoms with Crippen molar-refractivity contribution >= 4 is 17.9 Å². The van der Waals surface area contributed by atoms with E-state index in [0.717, 1.165) is 12.1 Å². The Kier molecular flexibility index (Phi) is 5.00. The molecule has 0 aliphatic carbocycles. The van der Waals surface area contributed by atoms with Crippen molar-refractivity contribution in [3.8, 4) is 0 Å². The maximum atomic E-state index is 11.3. The zero-order valence-electron chi connectivity index (χ0n) is 8.32. The van der Waals surface area contributed by atoms with Crippen molar-refractivity contribution in [3.63, 3.8) is 0 Å². The van der Waals surface area contributed by atoms with Crippen molar-refractivity contribution in [2.24, 2.45) is 0 Å². The molecule has 0 aromatic rings.